The van der Waals surface area contributed by atoms with E-state index in [0.29, 0.717) is 11.7 Å². The molecule has 0 spiro atoms. The third-order valence-corrected chi connectivity index (χ3v) is 3.48. The van der Waals surface area contributed by atoms with Crippen LogP contribution in [-0.2, 0) is 16.1 Å². The number of piperidine rings is 1. The Morgan fingerprint density at radius 1 is 1.41 bits per heavy atom. The molecule has 0 saturated carbocycles. The quantitative estimate of drug-likeness (QED) is 0.914. The van der Waals surface area contributed by atoms with Crippen LogP contribution in [0.15, 0.2) is 10.6 Å². The molecule has 2 amide bonds. The van der Waals surface area contributed by atoms with E-state index in [2.05, 4.69) is 10.3 Å². The first kappa shape index (κ1) is 16.3. The van der Waals surface area contributed by atoms with Crippen LogP contribution < -0.4 is 5.32 Å². The molecule has 1 aliphatic rings. The van der Waals surface area contributed by atoms with Crippen molar-refractivity contribution in [1.29, 1.82) is 0 Å². The summed E-state index contributed by atoms with van der Waals surface area (Å²) in [7, 11) is 0. The third-order valence-electron chi connectivity index (χ3n) is 3.48. The zero-order chi connectivity index (χ0) is 16.3. The van der Waals surface area contributed by atoms with Gasteiger partial charge >= 0.3 is 12.1 Å². The van der Waals surface area contributed by atoms with Crippen LogP contribution in [0.5, 0.6) is 0 Å². The first-order valence-corrected chi connectivity index (χ1v) is 6.82. The fourth-order valence-corrected chi connectivity index (χ4v) is 2.31. The maximum Gasteiger partial charge on any atom is 0.471 e. The highest BCUT2D eigenvalue weighted by atomic mass is 19.4. The molecule has 9 heteroatoms. The van der Waals surface area contributed by atoms with E-state index in [0.717, 1.165) is 4.90 Å². The van der Waals surface area contributed by atoms with Gasteiger partial charge in [0, 0.05) is 19.0 Å². The third kappa shape index (κ3) is 3.99. The summed E-state index contributed by atoms with van der Waals surface area (Å²) in [5.41, 5.74) is 0. The summed E-state index contributed by atoms with van der Waals surface area (Å²) in [4.78, 5) is 27.7. The normalized spacial score (nSPS) is 16.6. The summed E-state index contributed by atoms with van der Waals surface area (Å²) in [5.74, 6) is -1.52. The lowest BCUT2D eigenvalue weighted by molar-refractivity contribution is -0.186. The molecular formula is C13H16F3N3O3. The molecule has 0 radical (unpaired) electrons. The second-order valence-electron chi connectivity index (χ2n) is 5.15. The molecule has 2 heterocycles. The van der Waals surface area contributed by atoms with Crippen LogP contribution in [0.2, 0.25) is 0 Å². The minimum absolute atomic E-state index is 0.0749. The maximum absolute atomic E-state index is 12.3. The van der Waals surface area contributed by atoms with E-state index in [-0.39, 0.29) is 38.4 Å². The van der Waals surface area contributed by atoms with E-state index in [4.69, 9.17) is 4.42 Å². The number of oxazole rings is 1. The van der Waals surface area contributed by atoms with Gasteiger partial charge in [0.05, 0.1) is 12.7 Å². The van der Waals surface area contributed by atoms with Crippen LogP contribution in [0.4, 0.5) is 13.2 Å². The highest BCUT2D eigenvalue weighted by Crippen LogP contribution is 2.24. The molecule has 122 valence electrons. The first-order valence-electron chi connectivity index (χ1n) is 6.82. The number of halogens is 3. The Labute approximate surface area is 124 Å². The van der Waals surface area contributed by atoms with E-state index in [1.165, 1.54) is 6.20 Å². The molecule has 22 heavy (non-hydrogen) atoms. The molecule has 1 aromatic rings. The highest BCUT2D eigenvalue weighted by molar-refractivity contribution is 5.83. The molecule has 0 unspecified atom stereocenters. The molecule has 6 nitrogen and oxygen atoms in total. The van der Waals surface area contributed by atoms with Crippen LogP contribution in [0.3, 0.4) is 0 Å². The predicted octanol–water partition coefficient (Wildman–Crippen LogP) is 1.40. The number of nitrogens with one attached hydrogen (secondary N) is 1. The number of hydrogen-bond acceptors (Lipinski definition) is 4. The van der Waals surface area contributed by atoms with Crippen molar-refractivity contribution in [3.63, 3.8) is 0 Å². The maximum atomic E-state index is 12.3. The fourth-order valence-electron chi connectivity index (χ4n) is 2.31. The Bertz CT molecular complexity index is 548. The van der Waals surface area contributed by atoms with Crippen molar-refractivity contribution in [3.8, 4) is 0 Å². The molecular weight excluding hydrogens is 303 g/mol. The van der Waals surface area contributed by atoms with Crippen molar-refractivity contribution in [1.82, 2.24) is 15.2 Å². The van der Waals surface area contributed by atoms with E-state index < -0.39 is 18.0 Å². The lowest BCUT2D eigenvalue weighted by Crippen LogP contribution is -2.47. The van der Waals surface area contributed by atoms with Crippen molar-refractivity contribution in [2.24, 2.45) is 5.92 Å². The van der Waals surface area contributed by atoms with Crippen LogP contribution in [0, 0.1) is 12.8 Å². The van der Waals surface area contributed by atoms with Gasteiger partial charge in [-0.2, -0.15) is 13.2 Å². The Balaban J connectivity index is 1.79. The summed E-state index contributed by atoms with van der Waals surface area (Å²) < 4.78 is 42.1. The number of likely N-dealkylation sites (tertiary alicyclic amines) is 1. The molecule has 1 aromatic heterocycles. The number of carbonyl (C=O) groups is 2. The zero-order valence-electron chi connectivity index (χ0n) is 11.9. The summed E-state index contributed by atoms with van der Waals surface area (Å²) in [6.45, 7) is 1.71. The second-order valence-corrected chi connectivity index (χ2v) is 5.15. The van der Waals surface area contributed by atoms with Gasteiger partial charge in [-0.1, -0.05) is 0 Å². The Kier molecular flexibility index (Phi) is 4.72. The fraction of sp³-hybridized carbons (Fsp3) is 0.615. The second kappa shape index (κ2) is 6.37. The summed E-state index contributed by atoms with van der Waals surface area (Å²) in [5, 5.41) is 2.64. The van der Waals surface area contributed by atoms with Crippen LogP contribution in [0.1, 0.15) is 24.5 Å². The van der Waals surface area contributed by atoms with Gasteiger partial charge in [-0.3, -0.25) is 9.59 Å². The van der Waals surface area contributed by atoms with E-state index >= 15 is 0 Å². The van der Waals surface area contributed by atoms with Gasteiger partial charge in [0.2, 0.25) is 11.8 Å². The first-order chi connectivity index (χ1) is 10.3. The number of nitrogens with zero attached hydrogens (tertiary/aromatic N) is 2. The standard InChI is InChI=1S/C13H16F3N3O3/c1-8-6-17-10(22-8)7-18-11(20)9-2-4-19(5-3-9)12(21)13(14,15)16/h6,9H,2-5,7H2,1H3,(H,18,20). The van der Waals surface area contributed by atoms with Gasteiger partial charge in [0.15, 0.2) is 0 Å². The van der Waals surface area contributed by atoms with Crippen molar-refractivity contribution in [2.75, 3.05) is 13.1 Å². The van der Waals surface area contributed by atoms with Gasteiger partial charge in [0.1, 0.15) is 5.76 Å². The summed E-state index contributed by atoms with van der Waals surface area (Å²) in [6.07, 6.45) is -2.92. The molecule has 0 aliphatic carbocycles. The number of amides is 2. The molecule has 2 rings (SSSR count). The van der Waals surface area contributed by atoms with Gasteiger partial charge in [0.25, 0.3) is 0 Å². The minimum Gasteiger partial charge on any atom is -0.444 e. The number of aryl methyl sites for hydroxylation is 1. The average Bonchev–Trinajstić information content (AvgIpc) is 2.89. The van der Waals surface area contributed by atoms with E-state index in [1.54, 1.807) is 6.92 Å². The van der Waals surface area contributed by atoms with Crippen molar-refractivity contribution >= 4 is 11.8 Å². The molecule has 1 saturated heterocycles. The lowest BCUT2D eigenvalue weighted by atomic mass is 9.96. The minimum atomic E-state index is -4.86. The number of rotatable bonds is 3. The van der Waals surface area contributed by atoms with Crippen LogP contribution in [0.25, 0.3) is 0 Å². The largest absolute Gasteiger partial charge is 0.471 e. The summed E-state index contributed by atoms with van der Waals surface area (Å²) in [6, 6.07) is 0. The van der Waals surface area contributed by atoms with Gasteiger partial charge in [-0.15, -0.1) is 0 Å². The van der Waals surface area contributed by atoms with E-state index in [1.807, 2.05) is 0 Å². The summed E-state index contributed by atoms with van der Waals surface area (Å²) >= 11 is 0. The molecule has 1 N–H and O–H groups in total. The number of hydrogen-bond donors (Lipinski definition) is 1. The van der Waals surface area contributed by atoms with Crippen LogP contribution in [-0.4, -0.2) is 41.0 Å². The molecule has 0 aromatic carbocycles. The van der Waals surface area contributed by atoms with Crippen molar-refractivity contribution < 1.29 is 27.2 Å². The Morgan fingerprint density at radius 2 is 2.05 bits per heavy atom. The molecule has 1 aliphatic heterocycles. The smallest absolute Gasteiger partial charge is 0.444 e. The number of carbonyl (C=O) groups excluding carboxylic acids is 2. The monoisotopic (exact) mass is 319 g/mol. The van der Waals surface area contributed by atoms with Gasteiger partial charge in [-0.25, -0.2) is 4.98 Å². The van der Waals surface area contributed by atoms with Crippen molar-refractivity contribution in [2.45, 2.75) is 32.5 Å². The van der Waals surface area contributed by atoms with Gasteiger partial charge < -0.3 is 14.6 Å². The topological polar surface area (TPSA) is 75.4 Å². The Morgan fingerprint density at radius 3 is 2.55 bits per heavy atom. The average molecular weight is 319 g/mol. The Hall–Kier alpha value is -2.06. The highest BCUT2D eigenvalue weighted by Gasteiger charge is 2.43. The van der Waals surface area contributed by atoms with Crippen LogP contribution >= 0.6 is 0 Å². The SMILES string of the molecule is Cc1cnc(CNC(=O)C2CCN(C(=O)C(F)(F)F)CC2)o1. The predicted molar refractivity (Wildman–Crippen MR) is 68.4 cm³/mol. The zero-order valence-corrected chi connectivity index (χ0v) is 11.9. The molecule has 0 bridgehead atoms. The number of alkyl halides is 3. The number of aromatic nitrogens is 1. The van der Waals surface area contributed by atoms with Gasteiger partial charge in [-0.05, 0) is 19.8 Å². The van der Waals surface area contributed by atoms with E-state index in [9.17, 15) is 22.8 Å². The molecule has 1 fully saturated rings. The van der Waals surface area contributed by atoms with Crippen molar-refractivity contribution in [3.05, 3.63) is 17.8 Å². The lowest BCUT2D eigenvalue weighted by Gasteiger charge is -2.31. The molecule has 0 atom stereocenters.